The Bertz CT molecular complexity index is 1070. The third-order valence-corrected chi connectivity index (χ3v) is 5.68. The van der Waals surface area contributed by atoms with Gasteiger partial charge in [-0.05, 0) is 76.3 Å². The zero-order chi connectivity index (χ0) is 28.7. The first-order valence-electron chi connectivity index (χ1n) is 13.3. The van der Waals surface area contributed by atoms with Crippen LogP contribution in [0.2, 0.25) is 0 Å². The number of nitrogens with two attached hydrogens (primary N) is 1. The van der Waals surface area contributed by atoms with Crippen LogP contribution in [0.15, 0.2) is 54.6 Å². The summed E-state index contributed by atoms with van der Waals surface area (Å²) >= 11 is 0. The third-order valence-electron chi connectivity index (χ3n) is 5.68. The molecule has 0 aromatic heterocycles. The van der Waals surface area contributed by atoms with Gasteiger partial charge in [-0.1, -0.05) is 48.9 Å². The summed E-state index contributed by atoms with van der Waals surface area (Å²) in [4.78, 5) is 49.7. The van der Waals surface area contributed by atoms with E-state index in [4.69, 9.17) is 10.5 Å². The van der Waals surface area contributed by atoms with Gasteiger partial charge in [-0.3, -0.25) is 25.2 Å². The minimum Gasteiger partial charge on any atom is -0.444 e. The van der Waals surface area contributed by atoms with Crippen molar-refractivity contribution >= 4 is 23.8 Å². The van der Waals surface area contributed by atoms with E-state index in [1.807, 2.05) is 30.3 Å². The van der Waals surface area contributed by atoms with Crippen molar-refractivity contribution in [2.24, 2.45) is 5.73 Å². The second kappa shape index (κ2) is 16.1. The van der Waals surface area contributed by atoms with Gasteiger partial charge in [0.05, 0.1) is 0 Å². The van der Waals surface area contributed by atoms with Crippen molar-refractivity contribution in [1.29, 1.82) is 0 Å². The quantitative estimate of drug-likeness (QED) is 0.195. The van der Waals surface area contributed by atoms with Crippen molar-refractivity contribution in [3.8, 4) is 0 Å². The van der Waals surface area contributed by atoms with E-state index in [0.717, 1.165) is 30.4 Å². The molecule has 0 saturated heterocycles. The van der Waals surface area contributed by atoms with E-state index < -0.39 is 29.6 Å². The summed E-state index contributed by atoms with van der Waals surface area (Å²) in [5, 5.41) is 5.45. The lowest BCUT2D eigenvalue weighted by molar-refractivity contribution is -0.124. The summed E-state index contributed by atoms with van der Waals surface area (Å²) < 4.78 is 5.29. The maximum Gasteiger partial charge on any atom is 0.408 e. The number of hydrazine groups is 1. The number of benzene rings is 2. The summed E-state index contributed by atoms with van der Waals surface area (Å²) in [6.45, 7) is 6.18. The number of rotatable bonds is 13. The molecule has 0 saturated carbocycles. The fraction of sp³-hybridized carbons (Fsp3) is 0.448. The standard InChI is InChI=1S/C29H41N5O5/c1-29(2,3)39-28(38)32-24(18-15-21-10-6-4-7-11-21)27(37)34-33-26(36)23-16-13-22(14-17-23)20-31-25(35)12-8-5-9-19-30/h4,6-7,10-11,13-14,16-17,24H,5,8-9,12,15,18-20,30H2,1-3H3,(H,31,35)(H,32,38)(H,33,36)(H,34,37)/t24-/m1/s1. The first-order valence-corrected chi connectivity index (χ1v) is 13.3. The van der Waals surface area contributed by atoms with Crippen molar-refractivity contribution in [2.45, 2.75) is 77.5 Å². The van der Waals surface area contributed by atoms with Gasteiger partial charge in [0.25, 0.3) is 11.8 Å². The monoisotopic (exact) mass is 539 g/mol. The fourth-order valence-corrected chi connectivity index (χ4v) is 3.62. The van der Waals surface area contributed by atoms with Crippen LogP contribution in [0.3, 0.4) is 0 Å². The lowest BCUT2D eigenvalue weighted by atomic mass is 10.0. The number of carbonyl (C=O) groups is 4. The SMILES string of the molecule is CC(C)(C)OC(=O)N[C@H](CCc1ccccc1)C(=O)NNC(=O)c1ccc(CNC(=O)CCCCCN)cc1. The number of nitrogens with one attached hydrogen (secondary N) is 4. The van der Waals surface area contributed by atoms with E-state index in [1.165, 1.54) is 0 Å². The molecule has 2 aromatic rings. The molecule has 0 aliphatic rings. The van der Waals surface area contributed by atoms with Crippen LogP contribution in [0.5, 0.6) is 0 Å². The second-order valence-electron chi connectivity index (χ2n) is 10.2. The summed E-state index contributed by atoms with van der Waals surface area (Å²) in [6, 6.07) is 15.3. The van der Waals surface area contributed by atoms with Crippen LogP contribution in [-0.4, -0.2) is 42.0 Å². The van der Waals surface area contributed by atoms with Crippen LogP contribution in [0, 0.1) is 0 Å². The highest BCUT2D eigenvalue weighted by Gasteiger charge is 2.24. The van der Waals surface area contributed by atoms with Gasteiger partial charge in [0.1, 0.15) is 11.6 Å². The molecular formula is C29H41N5O5. The van der Waals surface area contributed by atoms with Gasteiger partial charge < -0.3 is 21.1 Å². The molecule has 10 nitrogen and oxygen atoms in total. The molecule has 0 heterocycles. The zero-order valence-electron chi connectivity index (χ0n) is 23.0. The van der Waals surface area contributed by atoms with E-state index in [2.05, 4.69) is 21.5 Å². The summed E-state index contributed by atoms with van der Waals surface area (Å²) in [6.07, 6.45) is 3.21. The Labute approximate surface area is 230 Å². The van der Waals surface area contributed by atoms with E-state index in [0.29, 0.717) is 37.9 Å². The minimum absolute atomic E-state index is 0.0293. The van der Waals surface area contributed by atoms with Crippen LogP contribution < -0.4 is 27.2 Å². The Hall–Kier alpha value is -3.92. The van der Waals surface area contributed by atoms with Crippen LogP contribution in [0.25, 0.3) is 0 Å². The van der Waals surface area contributed by atoms with E-state index >= 15 is 0 Å². The van der Waals surface area contributed by atoms with Gasteiger partial charge in [-0.2, -0.15) is 0 Å². The number of amides is 4. The van der Waals surface area contributed by atoms with Crippen LogP contribution in [0.1, 0.15) is 74.4 Å². The van der Waals surface area contributed by atoms with Gasteiger partial charge in [-0.15, -0.1) is 0 Å². The predicted molar refractivity (Wildman–Crippen MR) is 149 cm³/mol. The predicted octanol–water partition coefficient (Wildman–Crippen LogP) is 3.11. The van der Waals surface area contributed by atoms with Crippen molar-refractivity contribution in [1.82, 2.24) is 21.5 Å². The summed E-state index contributed by atoms with van der Waals surface area (Å²) in [5.74, 6) is -1.12. The Morgan fingerprint density at radius 3 is 2.21 bits per heavy atom. The number of ether oxygens (including phenoxy) is 1. The largest absolute Gasteiger partial charge is 0.444 e. The molecule has 2 aromatic carbocycles. The highest BCUT2D eigenvalue weighted by molar-refractivity contribution is 5.96. The zero-order valence-corrected chi connectivity index (χ0v) is 23.0. The number of unbranched alkanes of at least 4 members (excludes halogenated alkanes) is 2. The molecule has 0 unspecified atom stereocenters. The van der Waals surface area contributed by atoms with Crippen LogP contribution >= 0.6 is 0 Å². The van der Waals surface area contributed by atoms with Gasteiger partial charge in [0.2, 0.25) is 5.91 Å². The normalized spacial score (nSPS) is 11.7. The fourth-order valence-electron chi connectivity index (χ4n) is 3.62. The van der Waals surface area contributed by atoms with Gasteiger partial charge in [0, 0.05) is 18.5 Å². The molecule has 10 heteroatoms. The molecule has 2 rings (SSSR count). The molecule has 1 atom stereocenters. The maximum absolute atomic E-state index is 12.9. The lowest BCUT2D eigenvalue weighted by Crippen LogP contribution is -2.53. The average Bonchev–Trinajstić information content (AvgIpc) is 2.90. The number of hydrogen-bond acceptors (Lipinski definition) is 6. The van der Waals surface area contributed by atoms with Crippen LogP contribution in [-0.2, 0) is 27.3 Å². The highest BCUT2D eigenvalue weighted by Crippen LogP contribution is 2.10. The smallest absolute Gasteiger partial charge is 0.408 e. The highest BCUT2D eigenvalue weighted by atomic mass is 16.6. The molecule has 0 bridgehead atoms. The Balaban J connectivity index is 1.88. The molecule has 6 N–H and O–H groups in total. The van der Waals surface area contributed by atoms with E-state index in [1.54, 1.807) is 45.0 Å². The minimum atomic E-state index is -0.929. The molecule has 0 aliphatic heterocycles. The number of hydrogen-bond donors (Lipinski definition) is 5. The van der Waals surface area contributed by atoms with Crippen molar-refractivity contribution in [3.05, 3.63) is 71.3 Å². The number of alkyl carbamates (subject to hydrolysis) is 1. The van der Waals surface area contributed by atoms with E-state index in [-0.39, 0.29) is 5.91 Å². The summed E-state index contributed by atoms with van der Waals surface area (Å²) in [5.41, 5.74) is 11.7. The molecule has 39 heavy (non-hydrogen) atoms. The molecule has 0 aliphatic carbocycles. The van der Waals surface area contributed by atoms with Crippen molar-refractivity contribution in [3.63, 3.8) is 0 Å². The molecule has 0 fully saturated rings. The summed E-state index contributed by atoms with van der Waals surface area (Å²) in [7, 11) is 0. The van der Waals surface area contributed by atoms with Crippen LogP contribution in [0.4, 0.5) is 4.79 Å². The number of aryl methyl sites for hydroxylation is 1. The van der Waals surface area contributed by atoms with Crippen molar-refractivity contribution in [2.75, 3.05) is 6.54 Å². The Kier molecular flexibility index (Phi) is 12.9. The van der Waals surface area contributed by atoms with E-state index in [9.17, 15) is 19.2 Å². The Morgan fingerprint density at radius 2 is 1.56 bits per heavy atom. The van der Waals surface area contributed by atoms with Gasteiger partial charge in [-0.25, -0.2) is 4.79 Å². The second-order valence-corrected chi connectivity index (χ2v) is 10.2. The Morgan fingerprint density at radius 1 is 0.872 bits per heavy atom. The first kappa shape index (κ1) is 31.3. The molecule has 0 radical (unpaired) electrons. The molecule has 4 amide bonds. The van der Waals surface area contributed by atoms with Gasteiger partial charge in [0.15, 0.2) is 0 Å². The molecular weight excluding hydrogens is 498 g/mol. The molecule has 0 spiro atoms. The third kappa shape index (κ3) is 12.9. The maximum atomic E-state index is 12.9. The molecule has 212 valence electrons. The van der Waals surface area contributed by atoms with Gasteiger partial charge >= 0.3 is 6.09 Å². The first-order chi connectivity index (χ1) is 18.6. The average molecular weight is 540 g/mol. The topological polar surface area (TPSA) is 152 Å². The number of carbonyl (C=O) groups excluding carboxylic acids is 4. The lowest BCUT2D eigenvalue weighted by Gasteiger charge is -2.23. The van der Waals surface area contributed by atoms with Crippen molar-refractivity contribution < 1.29 is 23.9 Å².